The van der Waals surface area contributed by atoms with Crippen LogP contribution in [-0.2, 0) is 20.1 Å². The Kier molecular flexibility index (Phi) is 8.19. The van der Waals surface area contributed by atoms with E-state index in [9.17, 15) is 0 Å². The van der Waals surface area contributed by atoms with Crippen molar-refractivity contribution < 1.29 is 24.5 Å². The summed E-state index contributed by atoms with van der Waals surface area (Å²) in [4.78, 5) is 14.9. The van der Waals surface area contributed by atoms with E-state index >= 15 is 0 Å². The first-order valence-corrected chi connectivity index (χ1v) is 14.1. The molecule has 0 bridgehead atoms. The Morgan fingerprint density at radius 2 is 1.63 bits per heavy atom. The minimum atomic E-state index is 0. The molecule has 7 aromatic rings. The van der Waals surface area contributed by atoms with Crippen LogP contribution in [0.5, 0.6) is 0 Å². The van der Waals surface area contributed by atoms with Crippen LogP contribution >= 0.6 is 11.3 Å². The van der Waals surface area contributed by atoms with Crippen LogP contribution in [0.1, 0.15) is 32.8 Å². The maximum Gasteiger partial charge on any atom is 0.216 e. The van der Waals surface area contributed by atoms with E-state index in [1.54, 1.807) is 11.3 Å². The van der Waals surface area contributed by atoms with Gasteiger partial charge < -0.3 is 14.4 Å². The van der Waals surface area contributed by atoms with Crippen molar-refractivity contribution in [3.63, 3.8) is 0 Å². The Morgan fingerprint density at radius 3 is 2.39 bits per heavy atom. The van der Waals surface area contributed by atoms with Gasteiger partial charge in [0.1, 0.15) is 0 Å². The van der Waals surface area contributed by atoms with Gasteiger partial charge in [0.2, 0.25) is 5.71 Å². The van der Waals surface area contributed by atoms with E-state index in [0.717, 1.165) is 44.6 Å². The van der Waals surface area contributed by atoms with Crippen LogP contribution in [0, 0.1) is 53.7 Å². The minimum absolute atomic E-state index is 0. The molecule has 0 saturated heterocycles. The van der Waals surface area contributed by atoms with Gasteiger partial charge in [-0.3, -0.25) is 0 Å². The zero-order chi connectivity index (χ0) is 28.0. The summed E-state index contributed by atoms with van der Waals surface area (Å²) >= 11 is 1.78. The monoisotopic (exact) mass is 732 g/mol. The van der Waals surface area contributed by atoms with Crippen molar-refractivity contribution in [1.82, 2.24) is 15.0 Å². The standard InChI is InChI=1S/C21H15N2OS.C14H14N.Ir/c1-11-7-8-16-15-5-4-6-17(19(15)24-21(16)23-11)18-20-14(9-10-22-18)12(2)13(3)25-20;1-10-4-6-13(7-5-10)14-8-11(2)12(3)9-15-14;/h4-5,7-10H,1-3H3;4-6,8-9H,1-3H3;/q2*-1;. The molecule has 0 unspecified atom stereocenters. The number of thiophene rings is 1. The molecule has 4 nitrogen and oxygen atoms in total. The molecule has 0 spiro atoms. The summed E-state index contributed by atoms with van der Waals surface area (Å²) in [5.74, 6) is 0. The van der Waals surface area contributed by atoms with E-state index in [2.05, 4.69) is 92.0 Å². The van der Waals surface area contributed by atoms with E-state index < -0.39 is 0 Å². The van der Waals surface area contributed by atoms with Crippen LogP contribution in [0.3, 0.4) is 0 Å². The topological polar surface area (TPSA) is 51.8 Å². The Labute approximate surface area is 257 Å². The number of nitrogens with zero attached hydrogens (tertiary/aromatic N) is 3. The number of hydrogen-bond donors (Lipinski definition) is 0. The first-order valence-electron chi connectivity index (χ1n) is 13.3. The molecule has 0 amide bonds. The number of rotatable bonds is 2. The summed E-state index contributed by atoms with van der Waals surface area (Å²) in [7, 11) is 0. The van der Waals surface area contributed by atoms with Gasteiger partial charge in [0, 0.05) is 58.9 Å². The summed E-state index contributed by atoms with van der Waals surface area (Å²) in [6.07, 6.45) is 3.78. The molecule has 41 heavy (non-hydrogen) atoms. The first-order chi connectivity index (χ1) is 19.3. The second-order valence-electron chi connectivity index (χ2n) is 10.3. The molecule has 1 radical (unpaired) electrons. The van der Waals surface area contributed by atoms with Gasteiger partial charge in [-0.2, -0.15) is 0 Å². The summed E-state index contributed by atoms with van der Waals surface area (Å²) in [5, 5.41) is 3.34. The Morgan fingerprint density at radius 1 is 0.805 bits per heavy atom. The Hall–Kier alpha value is -3.70. The van der Waals surface area contributed by atoms with Crippen molar-refractivity contribution in [2.75, 3.05) is 0 Å². The van der Waals surface area contributed by atoms with Crippen molar-refractivity contribution in [3.8, 4) is 22.5 Å². The largest absolute Gasteiger partial charge is 0.486 e. The van der Waals surface area contributed by atoms with Gasteiger partial charge in [-0.15, -0.1) is 64.9 Å². The van der Waals surface area contributed by atoms with Crippen LogP contribution in [0.2, 0.25) is 0 Å². The fourth-order valence-corrected chi connectivity index (χ4v) is 5.92. The van der Waals surface area contributed by atoms with Crippen molar-refractivity contribution in [3.05, 3.63) is 112 Å². The first kappa shape index (κ1) is 28.8. The van der Waals surface area contributed by atoms with E-state index in [4.69, 9.17) is 4.42 Å². The molecular weight excluding hydrogens is 703 g/mol. The average Bonchev–Trinajstić information content (AvgIpc) is 3.47. The van der Waals surface area contributed by atoms with Gasteiger partial charge in [-0.1, -0.05) is 29.5 Å². The van der Waals surface area contributed by atoms with Gasteiger partial charge in [0.25, 0.3) is 0 Å². The quantitative estimate of drug-likeness (QED) is 0.166. The molecule has 207 valence electrons. The minimum Gasteiger partial charge on any atom is -0.486 e. The summed E-state index contributed by atoms with van der Waals surface area (Å²) < 4.78 is 7.31. The number of furan rings is 1. The number of aromatic nitrogens is 3. The third-order valence-electron chi connectivity index (χ3n) is 7.38. The van der Waals surface area contributed by atoms with Crippen molar-refractivity contribution in [2.24, 2.45) is 0 Å². The second-order valence-corrected chi connectivity index (χ2v) is 11.5. The predicted molar refractivity (Wildman–Crippen MR) is 166 cm³/mol. The number of benzene rings is 2. The fraction of sp³-hybridized carbons (Fsp3) is 0.171. The normalized spacial score (nSPS) is 11.0. The van der Waals surface area contributed by atoms with E-state index in [-0.39, 0.29) is 20.1 Å². The van der Waals surface area contributed by atoms with E-state index in [1.807, 2.05) is 43.6 Å². The molecule has 5 aromatic heterocycles. The van der Waals surface area contributed by atoms with Crippen LogP contribution in [0.25, 0.3) is 54.7 Å². The molecule has 7 rings (SSSR count). The number of pyridine rings is 3. The zero-order valence-electron chi connectivity index (χ0n) is 23.8. The van der Waals surface area contributed by atoms with Gasteiger partial charge in [-0.05, 0) is 75.0 Å². The molecule has 0 atom stereocenters. The third kappa shape index (κ3) is 5.48. The number of fused-ring (bicyclic) bond motifs is 4. The van der Waals surface area contributed by atoms with Crippen LogP contribution in [0.15, 0.2) is 71.4 Å². The molecule has 0 aliphatic rings. The van der Waals surface area contributed by atoms with Crippen LogP contribution in [0.4, 0.5) is 0 Å². The molecular formula is C35H29IrN3OS-2. The van der Waals surface area contributed by atoms with Crippen molar-refractivity contribution in [1.29, 1.82) is 0 Å². The van der Waals surface area contributed by atoms with Crippen molar-refractivity contribution >= 4 is 43.5 Å². The molecule has 0 aliphatic heterocycles. The molecule has 2 aromatic carbocycles. The molecule has 0 N–H and O–H groups in total. The average molecular weight is 732 g/mol. The summed E-state index contributed by atoms with van der Waals surface area (Å²) in [5.41, 5.74) is 11.4. The molecule has 5 heterocycles. The number of hydrogen-bond acceptors (Lipinski definition) is 5. The van der Waals surface area contributed by atoms with Gasteiger partial charge in [-0.25, -0.2) is 4.98 Å². The molecule has 0 aliphatic carbocycles. The predicted octanol–water partition coefficient (Wildman–Crippen LogP) is 9.45. The second kappa shape index (κ2) is 11.7. The maximum atomic E-state index is 6.13. The van der Waals surface area contributed by atoms with Crippen molar-refractivity contribution in [2.45, 2.75) is 41.5 Å². The Bertz CT molecular complexity index is 2020. The molecule has 0 saturated carbocycles. The van der Waals surface area contributed by atoms with Gasteiger partial charge in [0.05, 0.1) is 5.58 Å². The van der Waals surface area contributed by atoms with E-state index in [0.29, 0.717) is 5.71 Å². The number of aryl methyl sites for hydroxylation is 6. The summed E-state index contributed by atoms with van der Waals surface area (Å²) in [6, 6.07) is 25.0. The Balaban J connectivity index is 0.000000182. The SMILES string of the molecule is Cc1c[c-]c(-c2cc(C)c(C)cn2)cc1.Cc1ccc2c(n1)oc1c(-c3nccc4c(C)c(C)sc34)[c-]ccc12.[Ir]. The fourth-order valence-electron chi connectivity index (χ4n) is 4.77. The smallest absolute Gasteiger partial charge is 0.216 e. The van der Waals surface area contributed by atoms with Gasteiger partial charge in [0.15, 0.2) is 0 Å². The van der Waals surface area contributed by atoms with E-state index in [1.165, 1.54) is 37.2 Å². The van der Waals surface area contributed by atoms with Crippen LogP contribution < -0.4 is 0 Å². The molecule has 6 heteroatoms. The summed E-state index contributed by atoms with van der Waals surface area (Å²) in [6.45, 7) is 12.5. The molecule has 0 fully saturated rings. The maximum absolute atomic E-state index is 6.13. The third-order valence-corrected chi connectivity index (χ3v) is 8.61. The van der Waals surface area contributed by atoms with Gasteiger partial charge >= 0.3 is 0 Å². The van der Waals surface area contributed by atoms with Crippen LogP contribution in [-0.4, -0.2) is 15.0 Å². The zero-order valence-corrected chi connectivity index (χ0v) is 27.1.